The van der Waals surface area contributed by atoms with Gasteiger partial charge in [-0.3, -0.25) is 0 Å². The Labute approximate surface area is 112 Å². The number of rotatable bonds is 4. The molecule has 2 rings (SSSR count). The molecule has 1 N–H and O–H groups in total. The molecule has 4 nitrogen and oxygen atoms in total. The molecule has 0 bridgehead atoms. The Bertz CT molecular complexity index is 445. The predicted molar refractivity (Wildman–Crippen MR) is 71.4 cm³/mol. The Balaban J connectivity index is 2.11. The number of carboxylic acid groups (broad SMARTS) is 1. The largest absolute Gasteiger partial charge is 0.476 e. The normalized spacial score (nSPS) is 15.9. The van der Waals surface area contributed by atoms with Crippen LogP contribution in [0.15, 0.2) is 12.1 Å². The third kappa shape index (κ3) is 2.93. The number of hydrogen-bond donors (Lipinski definition) is 1. The summed E-state index contributed by atoms with van der Waals surface area (Å²) in [6.45, 7) is 0.924. The highest BCUT2D eigenvalue weighted by Gasteiger charge is 2.19. The highest BCUT2D eigenvalue weighted by atomic mass is 35.5. The molecule has 1 saturated carbocycles. The van der Waals surface area contributed by atoms with Gasteiger partial charge in [0.25, 0.3) is 0 Å². The van der Waals surface area contributed by atoms with Crippen LogP contribution in [0.4, 0.5) is 5.82 Å². The van der Waals surface area contributed by atoms with Crippen molar-refractivity contribution in [2.75, 3.05) is 18.5 Å². The molecule has 0 aliphatic heterocycles. The van der Waals surface area contributed by atoms with Crippen molar-refractivity contribution in [1.82, 2.24) is 4.98 Å². The van der Waals surface area contributed by atoms with Crippen molar-refractivity contribution in [3.8, 4) is 0 Å². The summed E-state index contributed by atoms with van der Waals surface area (Å²) in [7, 11) is 1.94. The van der Waals surface area contributed by atoms with E-state index >= 15 is 0 Å². The summed E-state index contributed by atoms with van der Waals surface area (Å²) in [5.41, 5.74) is -0.0764. The van der Waals surface area contributed by atoms with Crippen LogP contribution in [0.1, 0.15) is 36.2 Å². The van der Waals surface area contributed by atoms with Gasteiger partial charge in [-0.15, -0.1) is 0 Å². The minimum atomic E-state index is -1.09. The smallest absolute Gasteiger partial charge is 0.356 e. The molecule has 0 unspecified atom stereocenters. The molecule has 98 valence electrons. The summed E-state index contributed by atoms with van der Waals surface area (Å²) in [5.74, 6) is 0.278. The van der Waals surface area contributed by atoms with Gasteiger partial charge in [-0.05, 0) is 30.9 Å². The van der Waals surface area contributed by atoms with Gasteiger partial charge in [0.15, 0.2) is 5.69 Å². The highest BCUT2D eigenvalue weighted by molar-refractivity contribution is 6.33. The summed E-state index contributed by atoms with van der Waals surface area (Å²) in [4.78, 5) is 17.1. The zero-order valence-corrected chi connectivity index (χ0v) is 11.2. The third-order valence-corrected chi connectivity index (χ3v) is 3.74. The van der Waals surface area contributed by atoms with Crippen LogP contribution < -0.4 is 4.90 Å². The van der Waals surface area contributed by atoms with E-state index in [-0.39, 0.29) is 10.7 Å². The number of halogens is 1. The maximum Gasteiger partial charge on any atom is 0.356 e. The van der Waals surface area contributed by atoms with Crippen LogP contribution >= 0.6 is 11.6 Å². The Hall–Kier alpha value is -1.29. The lowest BCUT2D eigenvalue weighted by Gasteiger charge is -2.22. The lowest BCUT2D eigenvalue weighted by molar-refractivity contribution is 0.0691. The van der Waals surface area contributed by atoms with Crippen molar-refractivity contribution in [3.63, 3.8) is 0 Å². The molecule has 0 spiro atoms. The number of anilines is 1. The molecular weight excluding hydrogens is 252 g/mol. The molecule has 1 aliphatic rings. The minimum Gasteiger partial charge on any atom is -0.476 e. The molecule has 1 heterocycles. The van der Waals surface area contributed by atoms with Gasteiger partial charge in [0, 0.05) is 13.6 Å². The molecule has 0 aromatic carbocycles. The van der Waals surface area contributed by atoms with Crippen molar-refractivity contribution in [2.24, 2.45) is 5.92 Å². The van der Waals surface area contributed by atoms with Gasteiger partial charge >= 0.3 is 5.97 Å². The van der Waals surface area contributed by atoms with Crippen LogP contribution in [0.25, 0.3) is 0 Å². The number of pyridine rings is 1. The third-order valence-electron chi connectivity index (χ3n) is 3.43. The minimum absolute atomic E-state index is 0.0764. The van der Waals surface area contributed by atoms with Gasteiger partial charge in [-0.1, -0.05) is 24.4 Å². The van der Waals surface area contributed by atoms with Crippen LogP contribution in [-0.2, 0) is 0 Å². The Morgan fingerprint density at radius 2 is 2.17 bits per heavy atom. The van der Waals surface area contributed by atoms with Crippen molar-refractivity contribution in [1.29, 1.82) is 0 Å². The first kappa shape index (κ1) is 13.1. The Kier molecular flexibility index (Phi) is 4.07. The molecule has 1 aromatic heterocycles. The molecule has 0 amide bonds. The second-order valence-electron chi connectivity index (χ2n) is 4.84. The van der Waals surface area contributed by atoms with Gasteiger partial charge in [0.2, 0.25) is 0 Å². The van der Waals surface area contributed by atoms with Crippen LogP contribution in [0.2, 0.25) is 5.02 Å². The molecule has 1 aliphatic carbocycles. The zero-order chi connectivity index (χ0) is 13.1. The molecule has 18 heavy (non-hydrogen) atoms. The topological polar surface area (TPSA) is 53.4 Å². The van der Waals surface area contributed by atoms with E-state index in [0.717, 1.165) is 6.54 Å². The molecule has 0 atom stereocenters. The monoisotopic (exact) mass is 268 g/mol. The maximum atomic E-state index is 11.0. The van der Waals surface area contributed by atoms with Crippen molar-refractivity contribution in [3.05, 3.63) is 22.8 Å². The van der Waals surface area contributed by atoms with Gasteiger partial charge in [-0.2, -0.15) is 0 Å². The first-order valence-corrected chi connectivity index (χ1v) is 6.56. The van der Waals surface area contributed by atoms with Crippen molar-refractivity contribution in [2.45, 2.75) is 25.7 Å². The van der Waals surface area contributed by atoms with Crippen molar-refractivity contribution >= 4 is 23.4 Å². The first-order valence-electron chi connectivity index (χ1n) is 6.19. The summed E-state index contributed by atoms with van der Waals surface area (Å²) < 4.78 is 0. The molecule has 5 heteroatoms. The zero-order valence-electron chi connectivity index (χ0n) is 10.4. The molecule has 0 radical (unpaired) electrons. The molecule has 1 aromatic rings. The van der Waals surface area contributed by atoms with E-state index in [0.29, 0.717) is 11.7 Å². The summed E-state index contributed by atoms with van der Waals surface area (Å²) in [6, 6.07) is 3.36. The van der Waals surface area contributed by atoms with Gasteiger partial charge in [0.05, 0.1) is 5.02 Å². The lowest BCUT2D eigenvalue weighted by atomic mass is 10.1. The van der Waals surface area contributed by atoms with Gasteiger partial charge < -0.3 is 10.0 Å². The van der Waals surface area contributed by atoms with Crippen LogP contribution in [0.5, 0.6) is 0 Å². The molecular formula is C13H17ClN2O2. The average molecular weight is 269 g/mol. The van der Waals surface area contributed by atoms with E-state index in [1.807, 2.05) is 11.9 Å². The van der Waals surface area contributed by atoms with Gasteiger partial charge in [0.1, 0.15) is 5.82 Å². The maximum absolute atomic E-state index is 11.0. The van der Waals surface area contributed by atoms with E-state index < -0.39 is 5.97 Å². The Morgan fingerprint density at radius 1 is 1.50 bits per heavy atom. The summed E-state index contributed by atoms with van der Waals surface area (Å²) in [5, 5.41) is 9.17. The molecule has 1 fully saturated rings. The lowest BCUT2D eigenvalue weighted by Crippen LogP contribution is -2.25. The highest BCUT2D eigenvalue weighted by Crippen LogP contribution is 2.27. The van der Waals surface area contributed by atoms with E-state index in [1.54, 1.807) is 12.1 Å². The van der Waals surface area contributed by atoms with E-state index in [1.165, 1.54) is 25.7 Å². The fourth-order valence-electron chi connectivity index (χ4n) is 2.47. The fraction of sp³-hybridized carbons (Fsp3) is 0.538. The quantitative estimate of drug-likeness (QED) is 0.912. The number of aromatic nitrogens is 1. The van der Waals surface area contributed by atoms with Crippen LogP contribution in [-0.4, -0.2) is 29.7 Å². The number of carboxylic acids is 1. The predicted octanol–water partition coefficient (Wildman–Crippen LogP) is 3.06. The van der Waals surface area contributed by atoms with Crippen LogP contribution in [0, 0.1) is 5.92 Å². The number of carbonyl (C=O) groups is 1. The number of hydrogen-bond acceptors (Lipinski definition) is 3. The van der Waals surface area contributed by atoms with Gasteiger partial charge in [-0.25, -0.2) is 9.78 Å². The number of aromatic carboxylic acids is 1. The van der Waals surface area contributed by atoms with Crippen molar-refractivity contribution < 1.29 is 9.90 Å². The Morgan fingerprint density at radius 3 is 2.78 bits per heavy atom. The van der Waals surface area contributed by atoms with Crippen LogP contribution in [0.3, 0.4) is 0 Å². The standard InChI is InChI=1S/C13H17ClN2O2/c1-16(8-9-4-2-3-5-9)11-7-6-10(14)12(15-11)13(17)18/h6-7,9H,2-5,8H2,1H3,(H,17,18). The van der Waals surface area contributed by atoms with E-state index in [9.17, 15) is 4.79 Å². The number of nitrogens with zero attached hydrogens (tertiary/aromatic N) is 2. The van der Waals surface area contributed by atoms with E-state index in [2.05, 4.69) is 4.98 Å². The second kappa shape index (κ2) is 5.57. The van der Waals surface area contributed by atoms with E-state index in [4.69, 9.17) is 16.7 Å². The summed E-state index contributed by atoms with van der Waals surface area (Å²) >= 11 is 5.80. The first-order chi connectivity index (χ1) is 8.58. The average Bonchev–Trinajstić information content (AvgIpc) is 2.81. The second-order valence-corrected chi connectivity index (χ2v) is 5.24. The summed E-state index contributed by atoms with van der Waals surface area (Å²) in [6.07, 6.45) is 5.10. The SMILES string of the molecule is CN(CC1CCCC1)c1ccc(Cl)c(C(=O)O)n1. The molecule has 0 saturated heterocycles. The fourth-order valence-corrected chi connectivity index (χ4v) is 2.65.